The van der Waals surface area contributed by atoms with E-state index < -0.39 is 0 Å². The summed E-state index contributed by atoms with van der Waals surface area (Å²) >= 11 is 3.69. The Hall–Kier alpha value is -0.520. The summed E-state index contributed by atoms with van der Waals surface area (Å²) in [5, 5.41) is 5.52. The van der Waals surface area contributed by atoms with E-state index in [0.717, 1.165) is 24.6 Å². The molecule has 1 amide bonds. The maximum atomic E-state index is 12.7. The van der Waals surface area contributed by atoms with E-state index in [1.165, 1.54) is 23.3 Å². The van der Waals surface area contributed by atoms with Gasteiger partial charge in [0.05, 0.1) is 12.1 Å². The fourth-order valence-corrected chi connectivity index (χ4v) is 5.11. The third-order valence-corrected chi connectivity index (χ3v) is 6.32. The standard InChI is InChI=1S/C14H18N2OS2/c17-14(11-7-18-8-15-11)16-5-3-12-10(4-6-19-12)13(16)9-1-2-9/h4,6,9,11,13,15H,1-3,5,7-8H2. The molecule has 2 unspecified atom stereocenters. The molecule has 1 aliphatic carbocycles. The van der Waals surface area contributed by atoms with Crippen molar-refractivity contribution in [2.24, 2.45) is 5.92 Å². The van der Waals surface area contributed by atoms with Gasteiger partial charge in [0.1, 0.15) is 0 Å². The van der Waals surface area contributed by atoms with Crippen molar-refractivity contribution in [1.29, 1.82) is 0 Å². The highest BCUT2D eigenvalue weighted by molar-refractivity contribution is 7.99. The molecule has 2 aliphatic heterocycles. The summed E-state index contributed by atoms with van der Waals surface area (Å²) in [4.78, 5) is 16.4. The molecular formula is C14H18N2OS2. The quantitative estimate of drug-likeness (QED) is 0.908. The van der Waals surface area contributed by atoms with Crippen LogP contribution in [-0.4, -0.2) is 35.0 Å². The first-order chi connectivity index (χ1) is 9.34. The predicted molar refractivity (Wildman–Crippen MR) is 79.4 cm³/mol. The number of hydrogen-bond donors (Lipinski definition) is 1. The van der Waals surface area contributed by atoms with Crippen molar-refractivity contribution in [3.63, 3.8) is 0 Å². The van der Waals surface area contributed by atoms with Crippen molar-refractivity contribution < 1.29 is 4.79 Å². The van der Waals surface area contributed by atoms with Gasteiger partial charge in [-0.25, -0.2) is 0 Å². The van der Waals surface area contributed by atoms with Crippen LogP contribution in [0.25, 0.3) is 0 Å². The average Bonchev–Trinajstić information content (AvgIpc) is 2.95. The van der Waals surface area contributed by atoms with Crippen LogP contribution in [0, 0.1) is 5.92 Å². The molecule has 1 saturated heterocycles. The molecule has 4 rings (SSSR count). The summed E-state index contributed by atoms with van der Waals surface area (Å²) < 4.78 is 0. The largest absolute Gasteiger partial charge is 0.334 e. The summed E-state index contributed by atoms with van der Waals surface area (Å²) in [6, 6.07) is 2.67. The van der Waals surface area contributed by atoms with Crippen molar-refractivity contribution >= 4 is 29.0 Å². The Labute approximate surface area is 121 Å². The fourth-order valence-electron chi connectivity index (χ4n) is 3.27. The van der Waals surface area contributed by atoms with Gasteiger partial charge < -0.3 is 4.90 Å². The van der Waals surface area contributed by atoms with E-state index in [-0.39, 0.29) is 6.04 Å². The lowest BCUT2D eigenvalue weighted by atomic mass is 9.95. The number of carbonyl (C=O) groups excluding carboxylic acids is 1. The normalized spacial score (nSPS) is 30.4. The van der Waals surface area contributed by atoms with Crippen molar-refractivity contribution in [3.05, 3.63) is 21.9 Å². The van der Waals surface area contributed by atoms with Gasteiger partial charge in [0.25, 0.3) is 0 Å². The number of carbonyl (C=O) groups is 1. The van der Waals surface area contributed by atoms with E-state index in [1.807, 2.05) is 23.1 Å². The minimum absolute atomic E-state index is 0.0476. The first-order valence-corrected chi connectivity index (χ1v) is 9.06. The number of rotatable bonds is 2. The highest BCUT2D eigenvalue weighted by Crippen LogP contribution is 2.48. The number of thioether (sulfide) groups is 1. The molecule has 3 aliphatic rings. The summed E-state index contributed by atoms with van der Waals surface area (Å²) in [5.41, 5.74) is 1.44. The van der Waals surface area contributed by atoms with Gasteiger partial charge in [0, 0.05) is 23.1 Å². The Balaban J connectivity index is 1.62. The number of amides is 1. The van der Waals surface area contributed by atoms with Crippen LogP contribution in [0.1, 0.15) is 29.3 Å². The third kappa shape index (κ3) is 2.12. The number of nitrogens with one attached hydrogen (secondary N) is 1. The predicted octanol–water partition coefficient (Wildman–Crippen LogP) is 2.25. The molecule has 2 fully saturated rings. The molecule has 5 heteroatoms. The maximum Gasteiger partial charge on any atom is 0.241 e. The monoisotopic (exact) mass is 294 g/mol. The number of thiophene rings is 1. The van der Waals surface area contributed by atoms with Gasteiger partial charge in [-0.05, 0) is 42.2 Å². The van der Waals surface area contributed by atoms with Gasteiger partial charge >= 0.3 is 0 Å². The average molecular weight is 294 g/mol. The second kappa shape index (κ2) is 4.79. The number of hydrogen-bond acceptors (Lipinski definition) is 4. The second-order valence-corrected chi connectivity index (χ2v) is 7.67. The Bertz CT molecular complexity index is 491. The number of fused-ring (bicyclic) bond motifs is 1. The SMILES string of the molecule is O=C(C1CSCN1)N1CCc2sccc2C1C1CC1. The van der Waals surface area contributed by atoms with Crippen molar-refractivity contribution in [3.8, 4) is 0 Å². The molecule has 0 bridgehead atoms. The van der Waals surface area contributed by atoms with Crippen LogP contribution in [-0.2, 0) is 11.2 Å². The van der Waals surface area contributed by atoms with Gasteiger partial charge in [-0.15, -0.1) is 23.1 Å². The third-order valence-electron chi connectivity index (χ3n) is 4.38. The molecule has 3 heterocycles. The molecular weight excluding hydrogens is 276 g/mol. The van der Waals surface area contributed by atoms with Crippen LogP contribution in [0.2, 0.25) is 0 Å². The maximum absolute atomic E-state index is 12.7. The van der Waals surface area contributed by atoms with Gasteiger partial charge in [-0.3, -0.25) is 10.1 Å². The van der Waals surface area contributed by atoms with E-state index in [1.54, 1.807) is 0 Å². The molecule has 19 heavy (non-hydrogen) atoms. The van der Waals surface area contributed by atoms with Gasteiger partial charge in [0.2, 0.25) is 5.91 Å². The second-order valence-electron chi connectivity index (χ2n) is 5.63. The van der Waals surface area contributed by atoms with Crippen molar-refractivity contribution in [2.45, 2.75) is 31.3 Å². The van der Waals surface area contributed by atoms with E-state index in [9.17, 15) is 4.79 Å². The zero-order chi connectivity index (χ0) is 12.8. The Morgan fingerprint density at radius 3 is 3.05 bits per heavy atom. The summed E-state index contributed by atoms with van der Waals surface area (Å²) in [7, 11) is 0. The van der Waals surface area contributed by atoms with Crippen LogP contribution in [0.4, 0.5) is 0 Å². The summed E-state index contributed by atoms with van der Waals surface area (Å²) in [5.74, 6) is 2.90. The molecule has 102 valence electrons. The van der Waals surface area contributed by atoms with Crippen LogP contribution in [0.5, 0.6) is 0 Å². The van der Waals surface area contributed by atoms with E-state index >= 15 is 0 Å². The molecule has 1 aromatic rings. The molecule has 1 saturated carbocycles. The van der Waals surface area contributed by atoms with Crippen molar-refractivity contribution in [2.75, 3.05) is 18.2 Å². The fraction of sp³-hybridized carbons (Fsp3) is 0.643. The van der Waals surface area contributed by atoms with E-state index in [0.29, 0.717) is 17.9 Å². The zero-order valence-corrected chi connectivity index (χ0v) is 12.4. The van der Waals surface area contributed by atoms with Crippen LogP contribution < -0.4 is 5.32 Å². The van der Waals surface area contributed by atoms with E-state index in [4.69, 9.17) is 0 Å². The highest BCUT2D eigenvalue weighted by atomic mass is 32.2. The molecule has 1 N–H and O–H groups in total. The Morgan fingerprint density at radius 1 is 1.42 bits per heavy atom. The molecule has 1 aromatic heterocycles. The lowest BCUT2D eigenvalue weighted by Gasteiger charge is -2.37. The number of nitrogens with zero attached hydrogens (tertiary/aromatic N) is 1. The molecule has 0 radical (unpaired) electrons. The minimum atomic E-state index is 0.0476. The van der Waals surface area contributed by atoms with Crippen LogP contribution in [0.15, 0.2) is 11.4 Å². The topological polar surface area (TPSA) is 32.3 Å². The van der Waals surface area contributed by atoms with E-state index in [2.05, 4.69) is 21.7 Å². The first-order valence-electron chi connectivity index (χ1n) is 7.02. The molecule has 3 nitrogen and oxygen atoms in total. The van der Waals surface area contributed by atoms with Crippen LogP contribution >= 0.6 is 23.1 Å². The highest BCUT2D eigenvalue weighted by Gasteiger charge is 2.43. The molecule has 0 spiro atoms. The lowest BCUT2D eigenvalue weighted by molar-refractivity contribution is -0.136. The minimum Gasteiger partial charge on any atom is -0.334 e. The zero-order valence-electron chi connectivity index (χ0n) is 10.8. The molecule has 2 atom stereocenters. The lowest BCUT2D eigenvalue weighted by Crippen LogP contribution is -2.49. The van der Waals surface area contributed by atoms with Crippen molar-refractivity contribution in [1.82, 2.24) is 10.2 Å². The van der Waals surface area contributed by atoms with Gasteiger partial charge in [-0.1, -0.05) is 0 Å². The Morgan fingerprint density at radius 2 is 2.32 bits per heavy atom. The summed E-state index contributed by atoms with van der Waals surface area (Å²) in [6.45, 7) is 0.913. The van der Waals surface area contributed by atoms with Crippen LogP contribution in [0.3, 0.4) is 0 Å². The smallest absolute Gasteiger partial charge is 0.241 e. The van der Waals surface area contributed by atoms with Gasteiger partial charge in [-0.2, -0.15) is 0 Å². The van der Waals surface area contributed by atoms with Gasteiger partial charge in [0.15, 0.2) is 0 Å². The molecule has 0 aromatic carbocycles. The Kier molecular flexibility index (Phi) is 3.09. The first kappa shape index (κ1) is 12.2. The summed E-state index contributed by atoms with van der Waals surface area (Å²) in [6.07, 6.45) is 3.62.